The quantitative estimate of drug-likeness (QED) is 0.816. The maximum absolute atomic E-state index is 11.9. The molecule has 0 aliphatic heterocycles. The van der Waals surface area contributed by atoms with Gasteiger partial charge in [-0.1, -0.05) is 37.1 Å². The molecule has 0 saturated heterocycles. The zero-order valence-corrected chi connectivity index (χ0v) is 13.2. The predicted octanol–water partition coefficient (Wildman–Crippen LogP) is 1.86. The highest BCUT2D eigenvalue weighted by Crippen LogP contribution is 2.19. The fourth-order valence-electron chi connectivity index (χ4n) is 2.86. The Bertz CT molecular complexity index is 524. The summed E-state index contributed by atoms with van der Waals surface area (Å²) in [6.45, 7) is 2.27. The van der Waals surface area contributed by atoms with Gasteiger partial charge in [0, 0.05) is 19.7 Å². The summed E-state index contributed by atoms with van der Waals surface area (Å²) < 4.78 is 5.43. The molecule has 1 saturated carbocycles. The van der Waals surface area contributed by atoms with Gasteiger partial charge in [-0.05, 0) is 30.9 Å². The number of carbonyl (C=O) groups is 2. The van der Waals surface area contributed by atoms with E-state index in [2.05, 4.69) is 10.6 Å². The van der Waals surface area contributed by atoms with E-state index in [-0.39, 0.29) is 18.7 Å². The summed E-state index contributed by atoms with van der Waals surface area (Å²) in [6, 6.07) is 8.00. The van der Waals surface area contributed by atoms with Gasteiger partial charge in [0.25, 0.3) is 0 Å². The fraction of sp³-hybridized carbons (Fsp3) is 0.529. The van der Waals surface area contributed by atoms with Crippen molar-refractivity contribution in [2.45, 2.75) is 44.8 Å². The van der Waals surface area contributed by atoms with Crippen LogP contribution in [0.4, 0.5) is 0 Å². The maximum Gasteiger partial charge on any atom is 0.309 e. The number of carbonyl (C=O) groups excluding carboxylic acids is 2. The summed E-state index contributed by atoms with van der Waals surface area (Å²) >= 11 is 0. The molecule has 120 valence electrons. The summed E-state index contributed by atoms with van der Waals surface area (Å²) in [5.74, 6) is -1.14. The summed E-state index contributed by atoms with van der Waals surface area (Å²) in [6.07, 6.45) is 3.90. The summed E-state index contributed by atoms with van der Waals surface area (Å²) in [5.41, 5.74) is 2.11. The number of rotatable bonds is 5. The van der Waals surface area contributed by atoms with Crippen LogP contribution in [0.2, 0.25) is 0 Å². The molecule has 1 aliphatic rings. The topological polar surface area (TPSA) is 67.4 Å². The van der Waals surface area contributed by atoms with Gasteiger partial charge in [0.1, 0.15) is 0 Å². The Balaban J connectivity index is 1.85. The smallest absolute Gasteiger partial charge is 0.309 e. The molecule has 1 atom stereocenters. The normalized spacial score (nSPS) is 16.3. The van der Waals surface area contributed by atoms with Crippen LogP contribution < -0.4 is 10.6 Å². The zero-order chi connectivity index (χ0) is 15.9. The van der Waals surface area contributed by atoms with Gasteiger partial charge in [-0.3, -0.25) is 9.59 Å². The highest BCUT2D eigenvalue weighted by molar-refractivity contribution is 6.35. The lowest BCUT2D eigenvalue weighted by molar-refractivity contribution is -0.139. The molecule has 1 fully saturated rings. The average molecular weight is 304 g/mol. The lowest BCUT2D eigenvalue weighted by atomic mass is 10.0. The van der Waals surface area contributed by atoms with Crippen molar-refractivity contribution in [3.8, 4) is 0 Å². The molecule has 2 rings (SSSR count). The molecule has 5 heteroatoms. The van der Waals surface area contributed by atoms with Crippen molar-refractivity contribution in [3.63, 3.8) is 0 Å². The standard InChI is InChI=1S/C17H24N2O3/c1-12-7-3-6-10-14(12)15(22-2)11-18-16(20)17(21)19-13-8-4-5-9-13/h3,6-7,10,13,15H,4-5,8-9,11H2,1-2H3,(H,18,20)(H,19,21). The van der Waals surface area contributed by atoms with E-state index in [0.29, 0.717) is 0 Å². The molecular weight excluding hydrogens is 280 g/mol. The van der Waals surface area contributed by atoms with E-state index in [9.17, 15) is 9.59 Å². The number of ether oxygens (including phenoxy) is 1. The Labute approximate surface area is 131 Å². The number of amides is 2. The maximum atomic E-state index is 11.9. The van der Waals surface area contributed by atoms with E-state index in [0.717, 1.165) is 36.8 Å². The van der Waals surface area contributed by atoms with Crippen molar-refractivity contribution in [3.05, 3.63) is 35.4 Å². The number of aryl methyl sites for hydroxylation is 1. The van der Waals surface area contributed by atoms with Crippen LogP contribution in [-0.2, 0) is 14.3 Å². The van der Waals surface area contributed by atoms with Crippen LogP contribution in [0.3, 0.4) is 0 Å². The van der Waals surface area contributed by atoms with Crippen molar-refractivity contribution >= 4 is 11.8 Å². The lowest BCUT2D eigenvalue weighted by Crippen LogP contribution is -2.44. The minimum Gasteiger partial charge on any atom is -0.375 e. The molecule has 0 aromatic heterocycles. The highest BCUT2D eigenvalue weighted by Gasteiger charge is 2.22. The highest BCUT2D eigenvalue weighted by atomic mass is 16.5. The second-order valence-corrected chi connectivity index (χ2v) is 5.75. The molecule has 0 bridgehead atoms. The summed E-state index contributed by atoms with van der Waals surface area (Å²) in [4.78, 5) is 23.7. The first kappa shape index (κ1) is 16.5. The molecule has 2 N–H and O–H groups in total. The van der Waals surface area contributed by atoms with E-state index < -0.39 is 11.8 Å². The number of hydrogen-bond donors (Lipinski definition) is 2. The van der Waals surface area contributed by atoms with Crippen LogP contribution in [0.15, 0.2) is 24.3 Å². The minimum absolute atomic E-state index is 0.146. The number of methoxy groups -OCH3 is 1. The van der Waals surface area contributed by atoms with Gasteiger partial charge in [0.15, 0.2) is 0 Å². The largest absolute Gasteiger partial charge is 0.375 e. The molecule has 0 spiro atoms. The van der Waals surface area contributed by atoms with Crippen LogP contribution in [-0.4, -0.2) is 31.5 Å². The van der Waals surface area contributed by atoms with E-state index in [4.69, 9.17) is 4.74 Å². The molecule has 0 radical (unpaired) electrons. The molecule has 0 heterocycles. The second kappa shape index (κ2) is 7.94. The van der Waals surface area contributed by atoms with Gasteiger partial charge in [-0.2, -0.15) is 0 Å². The third-order valence-electron chi connectivity index (χ3n) is 4.16. The minimum atomic E-state index is -0.595. The molecule has 5 nitrogen and oxygen atoms in total. The fourth-order valence-corrected chi connectivity index (χ4v) is 2.86. The first-order valence-electron chi connectivity index (χ1n) is 7.79. The SMILES string of the molecule is COC(CNC(=O)C(=O)NC1CCCC1)c1ccccc1C. The first-order valence-corrected chi connectivity index (χ1v) is 7.79. The lowest BCUT2D eigenvalue weighted by Gasteiger charge is -2.19. The second-order valence-electron chi connectivity index (χ2n) is 5.75. The first-order chi connectivity index (χ1) is 10.6. The Morgan fingerprint density at radius 1 is 1.23 bits per heavy atom. The molecule has 22 heavy (non-hydrogen) atoms. The Kier molecular flexibility index (Phi) is 5.95. The van der Waals surface area contributed by atoms with Crippen molar-refractivity contribution in [1.29, 1.82) is 0 Å². The van der Waals surface area contributed by atoms with Crippen LogP contribution in [0.5, 0.6) is 0 Å². The zero-order valence-electron chi connectivity index (χ0n) is 13.2. The molecule has 2 amide bonds. The van der Waals surface area contributed by atoms with Crippen molar-refractivity contribution < 1.29 is 14.3 Å². The Morgan fingerprint density at radius 3 is 2.55 bits per heavy atom. The number of nitrogens with one attached hydrogen (secondary N) is 2. The molecule has 1 aromatic rings. The van der Waals surface area contributed by atoms with Gasteiger partial charge in [-0.25, -0.2) is 0 Å². The summed E-state index contributed by atoms with van der Waals surface area (Å²) in [7, 11) is 1.60. The van der Waals surface area contributed by atoms with E-state index in [1.165, 1.54) is 0 Å². The Hall–Kier alpha value is -1.88. The van der Waals surface area contributed by atoms with Crippen molar-refractivity contribution in [2.24, 2.45) is 0 Å². The van der Waals surface area contributed by atoms with Crippen molar-refractivity contribution in [1.82, 2.24) is 10.6 Å². The number of hydrogen-bond acceptors (Lipinski definition) is 3. The monoisotopic (exact) mass is 304 g/mol. The van der Waals surface area contributed by atoms with Gasteiger partial charge in [0.2, 0.25) is 0 Å². The van der Waals surface area contributed by atoms with Crippen LogP contribution in [0.1, 0.15) is 42.9 Å². The van der Waals surface area contributed by atoms with Crippen LogP contribution >= 0.6 is 0 Å². The van der Waals surface area contributed by atoms with Gasteiger partial charge in [-0.15, -0.1) is 0 Å². The molecular formula is C17H24N2O3. The number of benzene rings is 1. The van der Waals surface area contributed by atoms with E-state index in [1.807, 2.05) is 31.2 Å². The van der Waals surface area contributed by atoms with Crippen molar-refractivity contribution in [2.75, 3.05) is 13.7 Å². The van der Waals surface area contributed by atoms with Crippen LogP contribution in [0, 0.1) is 6.92 Å². The predicted molar refractivity (Wildman–Crippen MR) is 84.3 cm³/mol. The molecule has 1 aromatic carbocycles. The Morgan fingerprint density at radius 2 is 1.91 bits per heavy atom. The van der Waals surface area contributed by atoms with E-state index >= 15 is 0 Å². The van der Waals surface area contributed by atoms with Gasteiger partial charge < -0.3 is 15.4 Å². The molecule has 1 unspecified atom stereocenters. The molecule has 1 aliphatic carbocycles. The third-order valence-corrected chi connectivity index (χ3v) is 4.16. The van der Waals surface area contributed by atoms with Crippen LogP contribution in [0.25, 0.3) is 0 Å². The average Bonchev–Trinajstić information content (AvgIpc) is 3.02. The third kappa shape index (κ3) is 4.31. The van der Waals surface area contributed by atoms with Gasteiger partial charge >= 0.3 is 11.8 Å². The van der Waals surface area contributed by atoms with E-state index in [1.54, 1.807) is 7.11 Å². The summed E-state index contributed by atoms with van der Waals surface area (Å²) in [5, 5.41) is 5.44. The van der Waals surface area contributed by atoms with Gasteiger partial charge in [0.05, 0.1) is 6.10 Å².